The average molecular weight is 245 g/mol. The van der Waals surface area contributed by atoms with Crippen LogP contribution in [0.2, 0.25) is 0 Å². The number of piperidine rings is 1. The highest BCUT2D eigenvalue weighted by Crippen LogP contribution is 2.33. The van der Waals surface area contributed by atoms with Crippen LogP contribution in [0.25, 0.3) is 10.9 Å². The smallest absolute Gasteiger partial charge is 0.134 e. The molecule has 1 saturated heterocycles. The van der Waals surface area contributed by atoms with Gasteiger partial charge < -0.3 is 10.6 Å². The molecule has 0 atom stereocenters. The summed E-state index contributed by atoms with van der Waals surface area (Å²) in [5.41, 5.74) is 8.37. The van der Waals surface area contributed by atoms with Crippen molar-refractivity contribution in [3.05, 3.63) is 18.0 Å². The molecule has 2 aromatic rings. The van der Waals surface area contributed by atoms with E-state index >= 15 is 0 Å². The normalized spacial score (nSPS) is 18.6. The van der Waals surface area contributed by atoms with Gasteiger partial charge in [0.15, 0.2) is 0 Å². The van der Waals surface area contributed by atoms with Crippen molar-refractivity contribution in [3.63, 3.8) is 0 Å². The Balaban J connectivity index is 2.06. The molecule has 0 unspecified atom stereocenters. The van der Waals surface area contributed by atoms with Crippen LogP contribution in [0, 0.1) is 0 Å². The first-order chi connectivity index (χ1) is 8.66. The zero-order valence-corrected chi connectivity index (χ0v) is 10.9. The topological polar surface area (TPSA) is 60.0 Å². The van der Waals surface area contributed by atoms with Gasteiger partial charge in [-0.15, -0.1) is 0 Å². The summed E-state index contributed by atoms with van der Waals surface area (Å²) < 4.78 is 1.92. The summed E-state index contributed by atoms with van der Waals surface area (Å²) in [5, 5.41) is 5.29. The molecule has 1 aliphatic rings. The molecule has 1 fully saturated rings. The molecule has 96 valence electrons. The Morgan fingerprint density at radius 1 is 1.22 bits per heavy atom. The van der Waals surface area contributed by atoms with E-state index in [0.717, 1.165) is 24.0 Å². The zero-order valence-electron chi connectivity index (χ0n) is 10.9. The lowest BCUT2D eigenvalue weighted by Gasteiger charge is -2.29. The Bertz CT molecular complexity index is 566. The Morgan fingerprint density at radius 2 is 1.94 bits per heavy atom. The van der Waals surface area contributed by atoms with Crippen LogP contribution in [0.5, 0.6) is 0 Å². The van der Waals surface area contributed by atoms with Crippen LogP contribution in [0.4, 0.5) is 5.82 Å². The van der Waals surface area contributed by atoms with Gasteiger partial charge in [0, 0.05) is 13.2 Å². The largest absolute Gasteiger partial charge is 0.383 e. The first-order valence-electron chi connectivity index (χ1n) is 6.41. The van der Waals surface area contributed by atoms with E-state index in [1.807, 2.05) is 24.1 Å². The number of hydrogen-bond donors (Lipinski definition) is 1. The van der Waals surface area contributed by atoms with Gasteiger partial charge in [-0.2, -0.15) is 5.10 Å². The highest BCUT2D eigenvalue weighted by atomic mass is 15.3. The fourth-order valence-corrected chi connectivity index (χ4v) is 2.86. The van der Waals surface area contributed by atoms with Crippen molar-refractivity contribution in [1.82, 2.24) is 19.7 Å². The molecule has 5 nitrogen and oxygen atoms in total. The standard InChI is InChI=1S/C13H19N5/c1-17-5-3-9(4-6-17)10-7-15-13(14)11-8-16-18(2)12(10)11/h7-9H,3-6H2,1-2H3,(H2,14,15). The third-order valence-corrected chi connectivity index (χ3v) is 3.99. The summed E-state index contributed by atoms with van der Waals surface area (Å²) in [6.07, 6.45) is 6.12. The first-order valence-corrected chi connectivity index (χ1v) is 6.41. The average Bonchev–Trinajstić information content (AvgIpc) is 2.75. The van der Waals surface area contributed by atoms with Crippen LogP contribution in [0.15, 0.2) is 12.4 Å². The molecule has 3 rings (SSSR count). The van der Waals surface area contributed by atoms with Gasteiger partial charge in [-0.3, -0.25) is 4.68 Å². The van der Waals surface area contributed by atoms with E-state index < -0.39 is 0 Å². The molecule has 0 aromatic carbocycles. The highest BCUT2D eigenvalue weighted by molar-refractivity contribution is 5.90. The number of rotatable bonds is 1. The molecular weight excluding hydrogens is 226 g/mol. The maximum Gasteiger partial charge on any atom is 0.134 e. The van der Waals surface area contributed by atoms with Crippen molar-refractivity contribution in [1.29, 1.82) is 0 Å². The predicted octanol–water partition coefficient (Wildman–Crippen LogP) is 1.36. The quantitative estimate of drug-likeness (QED) is 0.824. The van der Waals surface area contributed by atoms with Gasteiger partial charge >= 0.3 is 0 Å². The Kier molecular flexibility index (Phi) is 2.70. The van der Waals surface area contributed by atoms with E-state index in [0.29, 0.717) is 11.7 Å². The van der Waals surface area contributed by atoms with E-state index in [2.05, 4.69) is 22.0 Å². The number of pyridine rings is 1. The molecular formula is C13H19N5. The lowest BCUT2D eigenvalue weighted by molar-refractivity contribution is 0.255. The molecule has 2 aromatic heterocycles. The van der Waals surface area contributed by atoms with Gasteiger partial charge in [-0.05, 0) is 44.5 Å². The second kappa shape index (κ2) is 4.24. The minimum atomic E-state index is 0.576. The number of hydrogen-bond acceptors (Lipinski definition) is 4. The fourth-order valence-electron chi connectivity index (χ4n) is 2.86. The Morgan fingerprint density at radius 3 is 2.67 bits per heavy atom. The number of aromatic nitrogens is 3. The maximum atomic E-state index is 5.92. The second-order valence-corrected chi connectivity index (χ2v) is 5.21. The summed E-state index contributed by atoms with van der Waals surface area (Å²) in [4.78, 5) is 6.70. The van der Waals surface area contributed by atoms with Crippen molar-refractivity contribution in [2.45, 2.75) is 18.8 Å². The maximum absolute atomic E-state index is 5.92. The zero-order chi connectivity index (χ0) is 12.7. The van der Waals surface area contributed by atoms with Crippen LogP contribution in [-0.2, 0) is 7.05 Å². The minimum absolute atomic E-state index is 0.576. The molecule has 0 bridgehead atoms. The van der Waals surface area contributed by atoms with Crippen LogP contribution in [0.1, 0.15) is 24.3 Å². The van der Waals surface area contributed by atoms with E-state index in [1.165, 1.54) is 18.4 Å². The summed E-state index contributed by atoms with van der Waals surface area (Å²) in [6, 6.07) is 0. The Labute approximate surface area is 107 Å². The number of nitrogens with two attached hydrogens (primary N) is 1. The molecule has 1 aliphatic heterocycles. The van der Waals surface area contributed by atoms with E-state index in [-0.39, 0.29) is 0 Å². The molecule has 0 spiro atoms. The third kappa shape index (κ3) is 1.75. The SMILES string of the molecule is CN1CCC(c2cnc(N)c3cnn(C)c23)CC1. The molecule has 5 heteroatoms. The van der Waals surface area contributed by atoms with E-state index in [1.54, 1.807) is 0 Å². The summed E-state index contributed by atoms with van der Waals surface area (Å²) in [5.74, 6) is 1.15. The van der Waals surface area contributed by atoms with Crippen LogP contribution < -0.4 is 5.73 Å². The molecule has 0 saturated carbocycles. The molecule has 0 amide bonds. The number of anilines is 1. The van der Waals surface area contributed by atoms with Gasteiger partial charge in [-0.25, -0.2) is 4.98 Å². The number of fused-ring (bicyclic) bond motifs is 1. The van der Waals surface area contributed by atoms with E-state index in [9.17, 15) is 0 Å². The first kappa shape index (κ1) is 11.5. The highest BCUT2D eigenvalue weighted by Gasteiger charge is 2.22. The van der Waals surface area contributed by atoms with Crippen molar-refractivity contribution >= 4 is 16.7 Å². The number of nitrogens with zero attached hydrogens (tertiary/aromatic N) is 4. The fraction of sp³-hybridized carbons (Fsp3) is 0.538. The van der Waals surface area contributed by atoms with Crippen LogP contribution >= 0.6 is 0 Å². The second-order valence-electron chi connectivity index (χ2n) is 5.21. The van der Waals surface area contributed by atoms with Crippen molar-refractivity contribution in [2.75, 3.05) is 25.9 Å². The van der Waals surface area contributed by atoms with Crippen molar-refractivity contribution in [3.8, 4) is 0 Å². The van der Waals surface area contributed by atoms with Gasteiger partial charge in [0.25, 0.3) is 0 Å². The minimum Gasteiger partial charge on any atom is -0.383 e. The predicted molar refractivity (Wildman–Crippen MR) is 72.4 cm³/mol. The molecule has 2 N–H and O–H groups in total. The summed E-state index contributed by atoms with van der Waals surface area (Å²) >= 11 is 0. The molecule has 0 aliphatic carbocycles. The van der Waals surface area contributed by atoms with Crippen LogP contribution in [-0.4, -0.2) is 39.8 Å². The molecule has 18 heavy (non-hydrogen) atoms. The summed E-state index contributed by atoms with van der Waals surface area (Å²) in [6.45, 7) is 2.29. The van der Waals surface area contributed by atoms with Gasteiger partial charge in [0.1, 0.15) is 5.82 Å². The van der Waals surface area contributed by atoms with Gasteiger partial charge in [-0.1, -0.05) is 0 Å². The van der Waals surface area contributed by atoms with Gasteiger partial charge in [0.05, 0.1) is 17.1 Å². The number of likely N-dealkylation sites (tertiary alicyclic amines) is 1. The van der Waals surface area contributed by atoms with Gasteiger partial charge in [0.2, 0.25) is 0 Å². The lowest BCUT2D eigenvalue weighted by atomic mass is 9.89. The lowest BCUT2D eigenvalue weighted by Crippen LogP contribution is -2.29. The number of nitrogen functional groups attached to an aromatic ring is 1. The third-order valence-electron chi connectivity index (χ3n) is 3.99. The van der Waals surface area contributed by atoms with E-state index in [4.69, 9.17) is 5.73 Å². The Hall–Kier alpha value is -1.62. The monoisotopic (exact) mass is 245 g/mol. The molecule has 0 radical (unpaired) electrons. The van der Waals surface area contributed by atoms with Crippen molar-refractivity contribution < 1.29 is 0 Å². The van der Waals surface area contributed by atoms with Crippen molar-refractivity contribution in [2.24, 2.45) is 7.05 Å². The number of aryl methyl sites for hydroxylation is 1. The molecule has 3 heterocycles. The summed E-state index contributed by atoms with van der Waals surface area (Å²) in [7, 11) is 4.15. The van der Waals surface area contributed by atoms with Crippen LogP contribution in [0.3, 0.4) is 0 Å².